The molecule has 1 fully saturated rings. The van der Waals surface area contributed by atoms with Gasteiger partial charge in [-0.1, -0.05) is 0 Å². The SMILES string of the molecule is Nc1cc(N2CCC(=O)NC2=O)c2cncn2c1. The smallest absolute Gasteiger partial charge is 0.328 e. The van der Waals surface area contributed by atoms with Crippen molar-refractivity contribution >= 4 is 28.8 Å². The number of amides is 3. The standard InChI is InChI=1S/C11H11N5O2/c12-7-3-8(9-4-13-6-15(9)5-7)16-2-1-10(17)14-11(16)18/h3-6H,1-2,12H2,(H,14,17,18). The molecule has 3 N–H and O–H groups in total. The predicted molar refractivity (Wildman–Crippen MR) is 65.1 cm³/mol. The lowest BCUT2D eigenvalue weighted by atomic mass is 10.2. The first-order valence-corrected chi connectivity index (χ1v) is 5.48. The fraction of sp³-hybridized carbons (Fsp3) is 0.182. The maximum absolute atomic E-state index is 11.8. The number of nitrogen functional groups attached to an aromatic ring is 1. The third kappa shape index (κ3) is 1.56. The van der Waals surface area contributed by atoms with Crippen LogP contribution in [0.1, 0.15) is 6.42 Å². The largest absolute Gasteiger partial charge is 0.397 e. The van der Waals surface area contributed by atoms with Gasteiger partial charge in [-0.15, -0.1) is 0 Å². The third-order valence-electron chi connectivity index (χ3n) is 2.86. The number of carbonyl (C=O) groups excluding carboxylic acids is 2. The van der Waals surface area contributed by atoms with Gasteiger partial charge in [-0.3, -0.25) is 15.0 Å². The molecule has 2 aromatic heterocycles. The van der Waals surface area contributed by atoms with Crippen LogP contribution < -0.4 is 16.0 Å². The molecule has 0 atom stereocenters. The van der Waals surface area contributed by atoms with Gasteiger partial charge in [-0.2, -0.15) is 0 Å². The van der Waals surface area contributed by atoms with Crippen molar-refractivity contribution < 1.29 is 9.59 Å². The Morgan fingerprint density at radius 1 is 1.39 bits per heavy atom. The van der Waals surface area contributed by atoms with Crippen molar-refractivity contribution in [2.75, 3.05) is 17.2 Å². The van der Waals surface area contributed by atoms with Gasteiger partial charge in [0.15, 0.2) is 0 Å². The van der Waals surface area contributed by atoms with Crippen molar-refractivity contribution in [1.82, 2.24) is 14.7 Å². The maximum Gasteiger partial charge on any atom is 0.328 e. The van der Waals surface area contributed by atoms with Gasteiger partial charge in [0.2, 0.25) is 5.91 Å². The van der Waals surface area contributed by atoms with Crippen molar-refractivity contribution in [3.63, 3.8) is 0 Å². The summed E-state index contributed by atoms with van der Waals surface area (Å²) in [7, 11) is 0. The number of anilines is 2. The second kappa shape index (κ2) is 3.73. The van der Waals surface area contributed by atoms with Crippen LogP contribution in [0.15, 0.2) is 24.8 Å². The van der Waals surface area contributed by atoms with Crippen molar-refractivity contribution in [1.29, 1.82) is 0 Å². The molecule has 92 valence electrons. The van der Waals surface area contributed by atoms with E-state index >= 15 is 0 Å². The summed E-state index contributed by atoms with van der Waals surface area (Å²) in [6.45, 7) is 0.342. The van der Waals surface area contributed by atoms with Crippen LogP contribution >= 0.6 is 0 Å². The van der Waals surface area contributed by atoms with E-state index in [0.29, 0.717) is 17.9 Å². The molecule has 3 heterocycles. The molecule has 7 heteroatoms. The number of fused-ring (bicyclic) bond motifs is 1. The Hall–Kier alpha value is -2.57. The van der Waals surface area contributed by atoms with Crippen LogP contribution in [0.2, 0.25) is 0 Å². The molecule has 1 aliphatic heterocycles. The van der Waals surface area contributed by atoms with Crippen molar-refractivity contribution in [3.8, 4) is 0 Å². The number of urea groups is 1. The molecule has 1 saturated heterocycles. The molecule has 18 heavy (non-hydrogen) atoms. The summed E-state index contributed by atoms with van der Waals surface area (Å²) in [6.07, 6.45) is 5.26. The fourth-order valence-corrected chi connectivity index (χ4v) is 2.05. The highest BCUT2D eigenvalue weighted by Crippen LogP contribution is 2.25. The van der Waals surface area contributed by atoms with Crippen molar-refractivity contribution in [3.05, 3.63) is 24.8 Å². The number of nitrogens with zero attached hydrogens (tertiary/aromatic N) is 3. The van der Waals surface area contributed by atoms with Crippen LogP contribution in [0, 0.1) is 0 Å². The van der Waals surface area contributed by atoms with Gasteiger partial charge in [0.1, 0.15) is 0 Å². The molecule has 0 aromatic carbocycles. The predicted octanol–water partition coefficient (Wildman–Crippen LogP) is 0.363. The molecule has 0 saturated carbocycles. The van der Waals surface area contributed by atoms with Gasteiger partial charge in [0.05, 0.1) is 29.4 Å². The number of imide groups is 1. The van der Waals surface area contributed by atoms with Gasteiger partial charge in [-0.05, 0) is 6.07 Å². The molecule has 2 aromatic rings. The van der Waals surface area contributed by atoms with Gasteiger partial charge in [0, 0.05) is 19.2 Å². The second-order valence-corrected chi connectivity index (χ2v) is 4.10. The number of aromatic nitrogens is 2. The number of carbonyl (C=O) groups is 2. The Balaban J connectivity index is 2.11. The fourth-order valence-electron chi connectivity index (χ4n) is 2.05. The number of nitrogens with one attached hydrogen (secondary N) is 1. The summed E-state index contributed by atoms with van der Waals surface area (Å²) in [5.74, 6) is -0.260. The molecule has 7 nitrogen and oxygen atoms in total. The highest BCUT2D eigenvalue weighted by molar-refractivity contribution is 6.07. The Morgan fingerprint density at radius 2 is 2.22 bits per heavy atom. The monoisotopic (exact) mass is 245 g/mol. The van der Waals surface area contributed by atoms with Crippen LogP contribution in [-0.2, 0) is 4.79 Å². The summed E-state index contributed by atoms with van der Waals surface area (Å²) in [6, 6.07) is 1.27. The summed E-state index contributed by atoms with van der Waals surface area (Å²) in [5.41, 5.74) is 7.74. The minimum Gasteiger partial charge on any atom is -0.397 e. The number of pyridine rings is 1. The van der Waals surface area contributed by atoms with Crippen molar-refractivity contribution in [2.45, 2.75) is 6.42 Å². The van der Waals surface area contributed by atoms with E-state index in [4.69, 9.17) is 5.73 Å². The van der Waals surface area contributed by atoms with Gasteiger partial charge in [-0.25, -0.2) is 9.78 Å². The molecule has 0 bridgehead atoms. The minimum absolute atomic E-state index is 0.260. The molecule has 3 rings (SSSR count). The molecule has 3 amide bonds. The lowest BCUT2D eigenvalue weighted by Crippen LogP contribution is -2.49. The first kappa shape index (κ1) is 10.6. The topological polar surface area (TPSA) is 92.7 Å². The quantitative estimate of drug-likeness (QED) is 0.758. The van der Waals surface area contributed by atoms with E-state index in [1.54, 1.807) is 29.2 Å². The zero-order valence-electron chi connectivity index (χ0n) is 9.46. The first-order chi connectivity index (χ1) is 8.65. The molecular weight excluding hydrogens is 234 g/mol. The highest BCUT2D eigenvalue weighted by atomic mass is 16.2. The van der Waals surface area contributed by atoms with Gasteiger partial charge < -0.3 is 10.1 Å². The van der Waals surface area contributed by atoms with E-state index in [-0.39, 0.29) is 12.3 Å². The average Bonchev–Trinajstić information content (AvgIpc) is 2.76. The van der Waals surface area contributed by atoms with Crippen LogP contribution in [0.25, 0.3) is 5.52 Å². The van der Waals surface area contributed by atoms with E-state index < -0.39 is 6.03 Å². The Morgan fingerprint density at radius 3 is 3.00 bits per heavy atom. The lowest BCUT2D eigenvalue weighted by Gasteiger charge is -2.27. The maximum atomic E-state index is 11.8. The highest BCUT2D eigenvalue weighted by Gasteiger charge is 2.25. The van der Waals surface area contributed by atoms with E-state index in [1.807, 2.05) is 0 Å². The summed E-state index contributed by atoms with van der Waals surface area (Å²) >= 11 is 0. The van der Waals surface area contributed by atoms with E-state index in [1.165, 1.54) is 4.90 Å². The molecule has 0 spiro atoms. The van der Waals surface area contributed by atoms with Crippen LogP contribution in [-0.4, -0.2) is 27.9 Å². The second-order valence-electron chi connectivity index (χ2n) is 4.10. The van der Waals surface area contributed by atoms with E-state index in [0.717, 1.165) is 5.52 Å². The number of rotatable bonds is 1. The summed E-state index contributed by atoms with van der Waals surface area (Å²) in [4.78, 5) is 28.5. The number of hydrogen-bond donors (Lipinski definition) is 2. The number of nitrogens with two attached hydrogens (primary N) is 1. The Labute approximate surface area is 102 Å². The lowest BCUT2D eigenvalue weighted by molar-refractivity contribution is -0.120. The van der Waals surface area contributed by atoms with Gasteiger partial charge >= 0.3 is 6.03 Å². The minimum atomic E-state index is -0.431. The van der Waals surface area contributed by atoms with Gasteiger partial charge in [0.25, 0.3) is 0 Å². The molecule has 0 radical (unpaired) electrons. The van der Waals surface area contributed by atoms with Crippen LogP contribution in [0.3, 0.4) is 0 Å². The van der Waals surface area contributed by atoms with E-state index in [9.17, 15) is 9.59 Å². The molecule has 0 aliphatic carbocycles. The average molecular weight is 245 g/mol. The summed E-state index contributed by atoms with van der Waals surface area (Å²) in [5, 5.41) is 2.28. The van der Waals surface area contributed by atoms with Crippen LogP contribution in [0.5, 0.6) is 0 Å². The van der Waals surface area contributed by atoms with Crippen LogP contribution in [0.4, 0.5) is 16.2 Å². The van der Waals surface area contributed by atoms with Crippen molar-refractivity contribution in [2.24, 2.45) is 0 Å². The number of imidazole rings is 1. The Kier molecular flexibility index (Phi) is 2.19. The summed E-state index contributed by atoms with van der Waals surface area (Å²) < 4.78 is 1.74. The Bertz CT molecular complexity index is 648. The molecule has 1 aliphatic rings. The first-order valence-electron chi connectivity index (χ1n) is 5.48. The number of hydrogen-bond acceptors (Lipinski definition) is 4. The zero-order chi connectivity index (χ0) is 12.7. The molecule has 0 unspecified atom stereocenters. The molecular formula is C11H11N5O2. The van der Waals surface area contributed by atoms with E-state index in [2.05, 4.69) is 10.3 Å². The third-order valence-corrected chi connectivity index (χ3v) is 2.86. The zero-order valence-corrected chi connectivity index (χ0v) is 9.46. The normalized spacial score (nSPS) is 16.1.